The minimum Gasteiger partial charge on any atom is -0.465 e. The van der Waals surface area contributed by atoms with Crippen molar-refractivity contribution in [1.82, 2.24) is 0 Å². The highest BCUT2D eigenvalue weighted by Gasteiger charge is 1.99. The third-order valence-corrected chi connectivity index (χ3v) is 2.78. The molecule has 0 saturated heterocycles. The van der Waals surface area contributed by atoms with Crippen molar-refractivity contribution in [1.29, 1.82) is 0 Å². The second-order valence-corrected chi connectivity index (χ2v) is 4.37. The van der Waals surface area contributed by atoms with Crippen molar-refractivity contribution in [3.05, 3.63) is 64.7 Å². The van der Waals surface area contributed by atoms with Crippen molar-refractivity contribution in [2.24, 2.45) is 0 Å². The largest absolute Gasteiger partial charge is 0.465 e. The first-order chi connectivity index (χ1) is 8.63. The Kier molecular flexibility index (Phi) is 3.85. The minimum atomic E-state index is -1.06. The van der Waals surface area contributed by atoms with E-state index in [1.165, 1.54) is 5.56 Å². The Morgan fingerprint density at radius 1 is 1.00 bits per heavy atom. The van der Waals surface area contributed by atoms with Crippen LogP contribution >= 0.6 is 11.6 Å². The van der Waals surface area contributed by atoms with Crippen LogP contribution in [0, 0.1) is 0 Å². The van der Waals surface area contributed by atoms with Gasteiger partial charge < -0.3 is 5.11 Å². The first-order valence-corrected chi connectivity index (χ1v) is 5.84. The summed E-state index contributed by atoms with van der Waals surface area (Å²) in [4.78, 5) is 10.5. The molecule has 0 fully saturated rings. The highest BCUT2D eigenvalue weighted by atomic mass is 35.5. The smallest absolute Gasteiger partial charge is 0.409 e. The Labute approximate surface area is 110 Å². The fraction of sp³-hybridized carbons (Fsp3) is 0.0714. The van der Waals surface area contributed by atoms with Crippen molar-refractivity contribution in [2.45, 2.75) is 6.42 Å². The normalized spacial score (nSPS) is 10.1. The van der Waals surface area contributed by atoms with E-state index < -0.39 is 6.09 Å². The number of anilines is 1. The lowest BCUT2D eigenvalue weighted by Crippen LogP contribution is -2.06. The predicted molar refractivity (Wildman–Crippen MR) is 72.3 cm³/mol. The SMILES string of the molecule is O=C(O)Nc1ccc(Cc2ccc(Cl)cc2)cc1. The first-order valence-electron chi connectivity index (χ1n) is 5.47. The van der Waals surface area contributed by atoms with E-state index in [4.69, 9.17) is 16.7 Å². The molecule has 0 heterocycles. The summed E-state index contributed by atoms with van der Waals surface area (Å²) in [5, 5.41) is 11.6. The molecule has 0 aromatic heterocycles. The summed E-state index contributed by atoms with van der Waals surface area (Å²) in [5.74, 6) is 0. The maximum absolute atomic E-state index is 10.5. The second-order valence-electron chi connectivity index (χ2n) is 3.93. The Bertz CT molecular complexity index is 535. The number of halogens is 1. The summed E-state index contributed by atoms with van der Waals surface area (Å²) in [7, 11) is 0. The van der Waals surface area contributed by atoms with Gasteiger partial charge in [0.1, 0.15) is 0 Å². The van der Waals surface area contributed by atoms with E-state index >= 15 is 0 Å². The molecule has 2 rings (SSSR count). The van der Waals surface area contributed by atoms with Gasteiger partial charge in [0, 0.05) is 10.7 Å². The molecule has 4 heteroatoms. The quantitative estimate of drug-likeness (QED) is 0.877. The highest BCUT2D eigenvalue weighted by molar-refractivity contribution is 6.30. The topological polar surface area (TPSA) is 49.3 Å². The van der Waals surface area contributed by atoms with Gasteiger partial charge in [-0.05, 0) is 41.8 Å². The van der Waals surface area contributed by atoms with Crippen molar-refractivity contribution in [3.63, 3.8) is 0 Å². The molecule has 1 amide bonds. The molecular weight excluding hydrogens is 250 g/mol. The van der Waals surface area contributed by atoms with Gasteiger partial charge in [-0.3, -0.25) is 5.32 Å². The van der Waals surface area contributed by atoms with E-state index in [-0.39, 0.29) is 0 Å². The van der Waals surface area contributed by atoms with Crippen LogP contribution in [0.4, 0.5) is 10.5 Å². The molecular formula is C14H12ClNO2. The number of benzene rings is 2. The Morgan fingerprint density at radius 2 is 1.50 bits per heavy atom. The molecule has 0 saturated carbocycles. The fourth-order valence-electron chi connectivity index (χ4n) is 1.67. The molecule has 92 valence electrons. The monoisotopic (exact) mass is 261 g/mol. The fourth-order valence-corrected chi connectivity index (χ4v) is 1.79. The highest BCUT2D eigenvalue weighted by Crippen LogP contribution is 2.15. The van der Waals surface area contributed by atoms with Crippen LogP contribution in [0.2, 0.25) is 5.02 Å². The molecule has 2 aromatic rings. The molecule has 2 N–H and O–H groups in total. The van der Waals surface area contributed by atoms with Gasteiger partial charge in [-0.2, -0.15) is 0 Å². The maximum atomic E-state index is 10.5. The number of carboxylic acid groups (broad SMARTS) is 1. The van der Waals surface area contributed by atoms with Crippen LogP contribution in [-0.2, 0) is 6.42 Å². The number of carbonyl (C=O) groups is 1. The molecule has 18 heavy (non-hydrogen) atoms. The summed E-state index contributed by atoms with van der Waals surface area (Å²) in [6.45, 7) is 0. The average Bonchev–Trinajstić information content (AvgIpc) is 2.34. The van der Waals surface area contributed by atoms with Gasteiger partial charge in [-0.1, -0.05) is 35.9 Å². The molecule has 0 atom stereocenters. The van der Waals surface area contributed by atoms with Gasteiger partial charge >= 0.3 is 6.09 Å². The molecule has 3 nitrogen and oxygen atoms in total. The number of hydrogen-bond donors (Lipinski definition) is 2. The van der Waals surface area contributed by atoms with Gasteiger partial charge in [0.05, 0.1) is 0 Å². The molecule has 0 unspecified atom stereocenters. The van der Waals surface area contributed by atoms with Gasteiger partial charge in [0.15, 0.2) is 0 Å². The van der Waals surface area contributed by atoms with E-state index in [2.05, 4.69) is 5.32 Å². The second kappa shape index (κ2) is 5.56. The van der Waals surface area contributed by atoms with Crippen LogP contribution < -0.4 is 5.32 Å². The van der Waals surface area contributed by atoms with E-state index in [0.29, 0.717) is 5.69 Å². The van der Waals surface area contributed by atoms with Crippen molar-refractivity contribution < 1.29 is 9.90 Å². The van der Waals surface area contributed by atoms with Gasteiger partial charge in [-0.15, -0.1) is 0 Å². The molecule has 0 aliphatic rings. The van der Waals surface area contributed by atoms with Gasteiger partial charge in [0.2, 0.25) is 0 Å². The maximum Gasteiger partial charge on any atom is 0.409 e. The molecule has 0 aliphatic carbocycles. The molecule has 0 spiro atoms. The van der Waals surface area contributed by atoms with Gasteiger partial charge in [0.25, 0.3) is 0 Å². The van der Waals surface area contributed by atoms with E-state index in [0.717, 1.165) is 17.0 Å². The average molecular weight is 262 g/mol. The number of hydrogen-bond acceptors (Lipinski definition) is 1. The van der Waals surface area contributed by atoms with Crippen molar-refractivity contribution in [2.75, 3.05) is 5.32 Å². The third kappa shape index (κ3) is 3.50. The molecule has 0 bridgehead atoms. The van der Waals surface area contributed by atoms with Crippen LogP contribution in [0.1, 0.15) is 11.1 Å². The van der Waals surface area contributed by atoms with Crippen molar-refractivity contribution in [3.8, 4) is 0 Å². The van der Waals surface area contributed by atoms with E-state index in [1.54, 1.807) is 12.1 Å². The summed E-state index contributed by atoms with van der Waals surface area (Å²) in [6.07, 6.45) is -0.259. The zero-order valence-electron chi connectivity index (χ0n) is 9.56. The standard InChI is InChI=1S/C14H12ClNO2/c15-12-5-1-10(2-6-12)9-11-3-7-13(8-4-11)16-14(17)18/h1-8,16H,9H2,(H,17,18). The van der Waals surface area contributed by atoms with Gasteiger partial charge in [-0.25, -0.2) is 4.79 Å². The number of nitrogens with one attached hydrogen (secondary N) is 1. The molecule has 0 aliphatic heterocycles. The lowest BCUT2D eigenvalue weighted by atomic mass is 10.0. The third-order valence-electron chi connectivity index (χ3n) is 2.53. The zero-order chi connectivity index (χ0) is 13.0. The number of amides is 1. The number of rotatable bonds is 3. The predicted octanol–water partition coefficient (Wildman–Crippen LogP) is 4.02. The zero-order valence-corrected chi connectivity index (χ0v) is 10.3. The Hall–Kier alpha value is -2.00. The lowest BCUT2D eigenvalue weighted by Gasteiger charge is -2.04. The van der Waals surface area contributed by atoms with Crippen LogP contribution in [0.3, 0.4) is 0 Å². The summed E-state index contributed by atoms with van der Waals surface area (Å²) in [5.41, 5.74) is 2.86. The minimum absolute atomic E-state index is 0.572. The molecule has 2 aromatic carbocycles. The summed E-state index contributed by atoms with van der Waals surface area (Å²) < 4.78 is 0. The summed E-state index contributed by atoms with van der Waals surface area (Å²) in [6, 6.07) is 15.0. The van der Waals surface area contributed by atoms with Crippen molar-refractivity contribution >= 4 is 23.4 Å². The van der Waals surface area contributed by atoms with Crippen LogP contribution in [-0.4, -0.2) is 11.2 Å². The van der Waals surface area contributed by atoms with Crippen LogP contribution in [0.15, 0.2) is 48.5 Å². The lowest BCUT2D eigenvalue weighted by molar-refractivity contribution is 0.210. The van der Waals surface area contributed by atoms with E-state index in [1.807, 2.05) is 36.4 Å². The Balaban J connectivity index is 2.06. The first kappa shape index (κ1) is 12.5. The molecule has 0 radical (unpaired) electrons. The van der Waals surface area contributed by atoms with E-state index in [9.17, 15) is 4.79 Å². The van der Waals surface area contributed by atoms with Crippen LogP contribution in [0.5, 0.6) is 0 Å². The Morgan fingerprint density at radius 3 is 2.00 bits per heavy atom. The summed E-state index contributed by atoms with van der Waals surface area (Å²) >= 11 is 5.82. The van der Waals surface area contributed by atoms with Crippen LogP contribution in [0.25, 0.3) is 0 Å².